The lowest BCUT2D eigenvalue weighted by atomic mass is 10.2. The molecule has 0 aliphatic rings. The number of azo groups is 1. The van der Waals surface area contributed by atoms with Gasteiger partial charge in [-0.05, 0) is 67.1 Å². The number of benzene rings is 3. The third-order valence-corrected chi connectivity index (χ3v) is 11.5. The van der Waals surface area contributed by atoms with Gasteiger partial charge >= 0.3 is 16.3 Å². The number of anilines is 4. The van der Waals surface area contributed by atoms with E-state index in [1.165, 1.54) is 56.5 Å². The molecule has 1 unspecified atom stereocenters. The normalized spacial score (nSPS) is 13.3. The van der Waals surface area contributed by atoms with Crippen LogP contribution in [0.1, 0.15) is 13.8 Å². The summed E-state index contributed by atoms with van der Waals surface area (Å²) in [4.78, 5) is 25.0. The molecule has 0 aliphatic carbocycles. The van der Waals surface area contributed by atoms with Crippen molar-refractivity contribution in [3.8, 4) is 5.75 Å². The number of nitrogens with two attached hydrogens (primary N) is 1. The molecule has 0 saturated carbocycles. The van der Waals surface area contributed by atoms with E-state index < -0.39 is 58.9 Å². The minimum Gasteiger partial charge on any atom is -0.491 e. The van der Waals surface area contributed by atoms with E-state index in [9.17, 15) is 34.6 Å². The van der Waals surface area contributed by atoms with Crippen LogP contribution in [0.4, 0.5) is 46.0 Å². The lowest BCUT2D eigenvalue weighted by Crippen LogP contribution is -2.48. The molecule has 4 rings (SSSR count). The Labute approximate surface area is 340 Å². The maximum atomic E-state index is 12.6. The van der Waals surface area contributed by atoms with E-state index in [1.807, 2.05) is 0 Å². The molecule has 1 aromatic heterocycles. The Bertz CT molecular complexity index is 2500. The summed E-state index contributed by atoms with van der Waals surface area (Å²) in [5.74, 6) is -2.01. The third-order valence-electron chi connectivity index (χ3n) is 7.79. The predicted octanol–water partition coefficient (Wildman–Crippen LogP) is 4.80. The van der Waals surface area contributed by atoms with E-state index in [2.05, 4.69) is 49.4 Å². The number of aromatic nitrogens is 3. The number of sulfone groups is 1. The minimum atomic E-state index is -4.84. The largest absolute Gasteiger partial charge is 0.491 e. The van der Waals surface area contributed by atoms with Crippen molar-refractivity contribution >= 4 is 106 Å². The van der Waals surface area contributed by atoms with Crippen molar-refractivity contribution in [2.24, 2.45) is 10.2 Å². The molecule has 0 radical (unpaired) electrons. The molecule has 1 heterocycles. The first-order valence-corrected chi connectivity index (χ1v) is 21.9. The second kappa shape index (κ2) is 19.4. The van der Waals surface area contributed by atoms with Crippen LogP contribution in [0.3, 0.4) is 0 Å². The van der Waals surface area contributed by atoms with Crippen molar-refractivity contribution in [1.29, 1.82) is 0 Å². The Balaban J connectivity index is 1.79. The standard InChI is InChI=1S/C30H34ClN9O14S4/c1-4-40(11-13-57(45,46)47,25-15-20(33-18(2)41)7-10-26(25)51-3)30-36-28(31)35-29(37-30)34-23-16-22(32)27(55-54-53-42)17-24(23)39-38-19-5-8-21(9-6-19)56(43,44)14-12-52-58(48,49)50/h5-10,15-17H,4,11-14H2,1-3H3,(H6-,32,33,34,35,36,37,38,41,42,45,46,47,48,49,50)/p+1. The highest BCUT2D eigenvalue weighted by Crippen LogP contribution is 2.43. The lowest BCUT2D eigenvalue weighted by Gasteiger charge is -2.35. The number of halogens is 1. The fraction of sp³-hybridized carbons (Fsp3) is 0.267. The second-order valence-corrected chi connectivity index (χ2v) is 17.5. The van der Waals surface area contributed by atoms with E-state index in [0.29, 0.717) is 17.7 Å². The van der Waals surface area contributed by atoms with E-state index in [-0.39, 0.29) is 74.2 Å². The van der Waals surface area contributed by atoms with E-state index >= 15 is 0 Å². The molecule has 1 amide bonds. The van der Waals surface area contributed by atoms with Crippen LogP contribution in [-0.4, -0.2) is 98.8 Å². The van der Waals surface area contributed by atoms with Gasteiger partial charge in [-0.1, -0.05) is 5.04 Å². The summed E-state index contributed by atoms with van der Waals surface area (Å²) < 4.78 is 103. The highest BCUT2D eigenvalue weighted by atomic mass is 35.5. The third kappa shape index (κ3) is 12.7. The molecule has 4 aromatic rings. The van der Waals surface area contributed by atoms with Crippen molar-refractivity contribution < 1.29 is 62.7 Å². The van der Waals surface area contributed by atoms with Gasteiger partial charge in [0.15, 0.2) is 21.3 Å². The zero-order valence-corrected chi connectivity index (χ0v) is 34.4. The summed E-state index contributed by atoms with van der Waals surface area (Å²) in [6.07, 6.45) is 0. The van der Waals surface area contributed by atoms with Gasteiger partial charge in [-0.2, -0.15) is 26.9 Å². The molecule has 28 heteroatoms. The van der Waals surface area contributed by atoms with Crippen LogP contribution in [0.5, 0.6) is 5.75 Å². The van der Waals surface area contributed by atoms with Crippen molar-refractivity contribution in [2.45, 2.75) is 23.6 Å². The summed E-state index contributed by atoms with van der Waals surface area (Å²) in [7, 11) is -12.0. The summed E-state index contributed by atoms with van der Waals surface area (Å²) in [5.41, 5.74) is 7.16. The number of carbonyl (C=O) groups is 1. The first-order valence-electron chi connectivity index (χ1n) is 16.1. The predicted molar refractivity (Wildman–Crippen MR) is 210 cm³/mol. The van der Waals surface area contributed by atoms with Crippen molar-refractivity contribution in [3.05, 3.63) is 59.9 Å². The fourth-order valence-electron chi connectivity index (χ4n) is 5.17. The number of nitrogens with zero attached hydrogens (tertiary/aromatic N) is 6. The fourth-order valence-corrected chi connectivity index (χ4v) is 7.78. The molecule has 0 fully saturated rings. The lowest BCUT2D eigenvalue weighted by molar-refractivity contribution is -0.432. The molecule has 0 saturated heterocycles. The van der Waals surface area contributed by atoms with Crippen molar-refractivity contribution in [1.82, 2.24) is 19.4 Å². The topological polar surface area (TPSA) is 331 Å². The molecule has 0 aliphatic heterocycles. The number of hydrogen-bond acceptors (Lipinski definition) is 20. The highest BCUT2D eigenvalue weighted by molar-refractivity contribution is 7.94. The van der Waals surface area contributed by atoms with Gasteiger partial charge in [0.25, 0.3) is 10.1 Å². The quantitative estimate of drug-likeness (QED) is 0.0132. The average molecular weight is 909 g/mol. The van der Waals surface area contributed by atoms with Crippen LogP contribution in [0.2, 0.25) is 5.28 Å². The van der Waals surface area contributed by atoms with Gasteiger partial charge in [0.05, 0.1) is 59.2 Å². The van der Waals surface area contributed by atoms with Crippen LogP contribution in [0.25, 0.3) is 0 Å². The summed E-state index contributed by atoms with van der Waals surface area (Å²) in [6, 6.07) is 12.3. The van der Waals surface area contributed by atoms with Gasteiger partial charge in [-0.15, -0.1) is 19.4 Å². The van der Waals surface area contributed by atoms with E-state index in [4.69, 9.17) is 31.9 Å². The van der Waals surface area contributed by atoms with Crippen LogP contribution in [0.15, 0.2) is 74.6 Å². The summed E-state index contributed by atoms with van der Waals surface area (Å²) in [5, 5.41) is 26.0. The van der Waals surface area contributed by atoms with Crippen LogP contribution in [0, 0.1) is 0 Å². The molecule has 7 N–H and O–H groups in total. The first kappa shape index (κ1) is 46.0. The zero-order valence-electron chi connectivity index (χ0n) is 30.3. The van der Waals surface area contributed by atoms with E-state index in [1.54, 1.807) is 19.1 Å². The Morgan fingerprint density at radius 2 is 1.69 bits per heavy atom. The number of ether oxygens (including phenoxy) is 1. The van der Waals surface area contributed by atoms with Gasteiger partial charge in [-0.25, -0.2) is 22.3 Å². The number of quaternary nitrogens is 1. The average Bonchev–Trinajstić information content (AvgIpc) is 3.13. The minimum absolute atomic E-state index is 0.0303. The number of amides is 1. The number of carbonyl (C=O) groups excluding carboxylic acids is 1. The zero-order chi connectivity index (χ0) is 42.9. The summed E-state index contributed by atoms with van der Waals surface area (Å²) in [6.45, 7) is 1.87. The Morgan fingerprint density at radius 3 is 2.29 bits per heavy atom. The van der Waals surface area contributed by atoms with Gasteiger partial charge in [0.2, 0.25) is 17.1 Å². The second-order valence-electron chi connectivity index (χ2n) is 11.6. The number of hydrogen-bond donors (Lipinski definition) is 6. The van der Waals surface area contributed by atoms with Gasteiger partial charge in [0.1, 0.15) is 18.0 Å². The van der Waals surface area contributed by atoms with Gasteiger partial charge in [-0.3, -0.25) is 13.9 Å². The van der Waals surface area contributed by atoms with E-state index in [0.717, 1.165) is 0 Å². The van der Waals surface area contributed by atoms with Gasteiger partial charge < -0.3 is 21.1 Å². The Morgan fingerprint density at radius 1 is 0.983 bits per heavy atom. The number of nitrogens with one attached hydrogen (secondary N) is 2. The molecular weight excluding hydrogens is 874 g/mol. The molecule has 1 atom stereocenters. The molecule has 58 heavy (non-hydrogen) atoms. The molecule has 3 aromatic carbocycles. The molecule has 0 spiro atoms. The van der Waals surface area contributed by atoms with Gasteiger partial charge in [0, 0.05) is 24.4 Å². The van der Waals surface area contributed by atoms with Crippen molar-refractivity contribution in [2.75, 3.05) is 54.7 Å². The summed E-state index contributed by atoms with van der Waals surface area (Å²) >= 11 is 6.94. The number of nitrogen functional groups attached to an aromatic ring is 1. The smallest absolute Gasteiger partial charge is 0.397 e. The Kier molecular flexibility index (Phi) is 15.4. The monoisotopic (exact) mass is 908 g/mol. The molecule has 314 valence electrons. The van der Waals surface area contributed by atoms with Crippen LogP contribution < -0.4 is 25.6 Å². The molecule has 0 bridgehead atoms. The first-order chi connectivity index (χ1) is 27.2. The maximum Gasteiger partial charge on any atom is 0.397 e. The maximum absolute atomic E-state index is 12.6. The highest BCUT2D eigenvalue weighted by Gasteiger charge is 2.40. The molecular formula is C30H35ClN9O14S4+. The van der Waals surface area contributed by atoms with Crippen molar-refractivity contribution in [3.63, 3.8) is 0 Å². The number of methoxy groups -OCH3 is 1. The Hall–Kier alpha value is -4.65. The van der Waals surface area contributed by atoms with Crippen LogP contribution >= 0.6 is 23.6 Å². The SMILES string of the molecule is CC[N+](CCS(=O)(=O)O)(c1nc(Cl)nc(Nc2cc(N)c(SOOO)cc2N=Nc2ccc(S(=O)(=O)CCOS(=O)(=O)O)cc2)n1)c1cc(NC(C)=O)ccc1OC. The number of rotatable bonds is 20. The van der Waals surface area contributed by atoms with Crippen LogP contribution in [-0.2, 0) is 48.7 Å². The molecule has 23 nitrogen and oxygen atoms in total.